The fraction of sp³-hybridized carbons (Fsp3) is 0.444. The van der Waals surface area contributed by atoms with E-state index in [9.17, 15) is 10.1 Å². The SMILES string of the molecule is O=[N+]([O-])c1cc(Cl)cnc1O[C@@H]1CCOC1. The molecule has 0 radical (unpaired) electrons. The van der Waals surface area contributed by atoms with Crippen molar-refractivity contribution in [2.24, 2.45) is 0 Å². The van der Waals surface area contributed by atoms with Crippen LogP contribution in [0.4, 0.5) is 5.69 Å². The summed E-state index contributed by atoms with van der Waals surface area (Å²) < 4.78 is 10.5. The molecule has 2 rings (SSSR count). The molecule has 0 spiro atoms. The van der Waals surface area contributed by atoms with Crippen molar-refractivity contribution in [2.45, 2.75) is 12.5 Å². The van der Waals surface area contributed by atoms with Crippen LogP contribution in [0.15, 0.2) is 12.3 Å². The number of nitrogens with zero attached hydrogens (tertiary/aromatic N) is 2. The van der Waals surface area contributed by atoms with E-state index in [0.717, 1.165) is 0 Å². The second-order valence-corrected chi connectivity index (χ2v) is 3.77. The van der Waals surface area contributed by atoms with E-state index in [1.54, 1.807) is 0 Å². The van der Waals surface area contributed by atoms with Gasteiger partial charge in [0.1, 0.15) is 6.10 Å². The van der Waals surface area contributed by atoms with Crippen LogP contribution in [0, 0.1) is 10.1 Å². The molecule has 0 aromatic carbocycles. The molecule has 0 saturated carbocycles. The lowest BCUT2D eigenvalue weighted by molar-refractivity contribution is -0.386. The highest BCUT2D eigenvalue weighted by molar-refractivity contribution is 6.30. The molecule has 2 heterocycles. The predicted octanol–water partition coefficient (Wildman–Crippen LogP) is 1.81. The summed E-state index contributed by atoms with van der Waals surface area (Å²) in [7, 11) is 0. The Kier molecular flexibility index (Phi) is 3.21. The molecule has 0 bridgehead atoms. The summed E-state index contributed by atoms with van der Waals surface area (Å²) in [5.41, 5.74) is -0.223. The molecule has 0 aliphatic carbocycles. The standard InChI is InChI=1S/C9H9ClN2O4/c10-6-3-8(12(13)14)9(11-4-6)16-7-1-2-15-5-7/h3-4,7H,1-2,5H2/t7-/m1/s1. The Labute approximate surface area is 96.3 Å². The molecule has 0 unspecified atom stereocenters. The average Bonchev–Trinajstić information content (AvgIpc) is 2.73. The molecular weight excluding hydrogens is 236 g/mol. The highest BCUT2D eigenvalue weighted by atomic mass is 35.5. The van der Waals surface area contributed by atoms with E-state index in [2.05, 4.69) is 4.98 Å². The van der Waals surface area contributed by atoms with Crippen LogP contribution in [0.3, 0.4) is 0 Å². The van der Waals surface area contributed by atoms with Crippen LogP contribution in [-0.4, -0.2) is 29.2 Å². The lowest BCUT2D eigenvalue weighted by Crippen LogP contribution is -2.17. The van der Waals surface area contributed by atoms with E-state index in [4.69, 9.17) is 21.1 Å². The lowest BCUT2D eigenvalue weighted by Gasteiger charge is -2.10. The Bertz CT molecular complexity index is 406. The number of hydrogen-bond acceptors (Lipinski definition) is 5. The summed E-state index contributed by atoms with van der Waals surface area (Å²) in [6.07, 6.45) is 1.86. The molecule has 1 fully saturated rings. The second-order valence-electron chi connectivity index (χ2n) is 3.34. The zero-order valence-corrected chi connectivity index (χ0v) is 9.01. The van der Waals surface area contributed by atoms with Crippen molar-refractivity contribution in [2.75, 3.05) is 13.2 Å². The van der Waals surface area contributed by atoms with Crippen molar-refractivity contribution in [3.8, 4) is 5.88 Å². The Morgan fingerprint density at radius 1 is 1.69 bits per heavy atom. The number of ether oxygens (including phenoxy) is 2. The Balaban J connectivity index is 2.21. The molecule has 0 N–H and O–H groups in total. The van der Waals surface area contributed by atoms with E-state index in [0.29, 0.717) is 19.6 Å². The smallest absolute Gasteiger partial charge is 0.332 e. The molecule has 6 nitrogen and oxygen atoms in total. The second kappa shape index (κ2) is 4.63. The van der Waals surface area contributed by atoms with Gasteiger partial charge in [-0.15, -0.1) is 0 Å². The number of hydrogen-bond donors (Lipinski definition) is 0. The van der Waals surface area contributed by atoms with Crippen LogP contribution in [-0.2, 0) is 4.74 Å². The van der Waals surface area contributed by atoms with Crippen molar-refractivity contribution in [3.63, 3.8) is 0 Å². The van der Waals surface area contributed by atoms with Crippen LogP contribution in [0.25, 0.3) is 0 Å². The van der Waals surface area contributed by atoms with Crippen LogP contribution in [0.2, 0.25) is 5.02 Å². The van der Waals surface area contributed by atoms with Crippen molar-refractivity contribution < 1.29 is 14.4 Å². The molecular formula is C9H9ClN2O4. The molecule has 1 atom stereocenters. The molecule has 16 heavy (non-hydrogen) atoms. The van der Waals surface area contributed by atoms with Gasteiger partial charge >= 0.3 is 5.69 Å². The fourth-order valence-corrected chi connectivity index (χ4v) is 1.55. The van der Waals surface area contributed by atoms with Crippen LogP contribution < -0.4 is 4.74 Å². The summed E-state index contributed by atoms with van der Waals surface area (Å²) in [6, 6.07) is 1.22. The highest BCUT2D eigenvalue weighted by Gasteiger charge is 2.24. The minimum atomic E-state index is -0.565. The Hall–Kier alpha value is -1.40. The van der Waals surface area contributed by atoms with Crippen molar-refractivity contribution >= 4 is 17.3 Å². The third-order valence-electron chi connectivity index (χ3n) is 2.16. The van der Waals surface area contributed by atoms with Gasteiger partial charge in [-0.3, -0.25) is 10.1 Å². The van der Waals surface area contributed by atoms with Crippen LogP contribution in [0.1, 0.15) is 6.42 Å². The fourth-order valence-electron chi connectivity index (χ4n) is 1.40. The van der Waals surface area contributed by atoms with Crippen molar-refractivity contribution in [3.05, 3.63) is 27.4 Å². The summed E-state index contributed by atoms with van der Waals surface area (Å²) in [5.74, 6) is -0.00935. The zero-order valence-electron chi connectivity index (χ0n) is 8.26. The first-order chi connectivity index (χ1) is 7.66. The van der Waals surface area contributed by atoms with Gasteiger partial charge in [0.25, 0.3) is 5.88 Å². The van der Waals surface area contributed by atoms with Gasteiger partial charge < -0.3 is 9.47 Å². The van der Waals surface area contributed by atoms with Gasteiger partial charge in [-0.05, 0) is 0 Å². The van der Waals surface area contributed by atoms with Gasteiger partial charge in [0, 0.05) is 12.5 Å². The maximum atomic E-state index is 10.7. The van der Waals surface area contributed by atoms with E-state index in [1.165, 1.54) is 12.3 Å². The number of halogens is 1. The van der Waals surface area contributed by atoms with E-state index in [-0.39, 0.29) is 22.7 Å². The summed E-state index contributed by atoms with van der Waals surface area (Å²) in [4.78, 5) is 14.0. The lowest BCUT2D eigenvalue weighted by atomic mass is 10.3. The first kappa shape index (κ1) is 11.1. The summed E-state index contributed by atoms with van der Waals surface area (Å²) in [6.45, 7) is 1.04. The quantitative estimate of drug-likeness (QED) is 0.599. The van der Waals surface area contributed by atoms with Gasteiger partial charge in [-0.25, -0.2) is 4.98 Å². The van der Waals surface area contributed by atoms with Crippen molar-refractivity contribution in [1.29, 1.82) is 0 Å². The zero-order chi connectivity index (χ0) is 11.5. The van der Waals surface area contributed by atoms with E-state index < -0.39 is 4.92 Å². The molecule has 1 aromatic rings. The van der Waals surface area contributed by atoms with Crippen molar-refractivity contribution in [1.82, 2.24) is 4.98 Å². The largest absolute Gasteiger partial charge is 0.467 e. The van der Waals surface area contributed by atoms with Gasteiger partial charge in [-0.1, -0.05) is 11.6 Å². The Morgan fingerprint density at radius 3 is 3.12 bits per heavy atom. The number of aromatic nitrogens is 1. The maximum Gasteiger partial charge on any atom is 0.332 e. The monoisotopic (exact) mass is 244 g/mol. The van der Waals surface area contributed by atoms with Gasteiger partial charge in [0.05, 0.1) is 29.4 Å². The average molecular weight is 245 g/mol. The van der Waals surface area contributed by atoms with Gasteiger partial charge in [0.15, 0.2) is 0 Å². The minimum absolute atomic E-state index is 0.00935. The highest BCUT2D eigenvalue weighted by Crippen LogP contribution is 2.28. The predicted molar refractivity (Wildman–Crippen MR) is 55.8 cm³/mol. The molecule has 1 aliphatic heterocycles. The summed E-state index contributed by atoms with van der Waals surface area (Å²) in [5, 5.41) is 11.0. The topological polar surface area (TPSA) is 74.5 Å². The third-order valence-corrected chi connectivity index (χ3v) is 2.37. The van der Waals surface area contributed by atoms with Gasteiger partial charge in [-0.2, -0.15) is 0 Å². The summed E-state index contributed by atoms with van der Waals surface area (Å²) >= 11 is 5.63. The normalized spacial score (nSPS) is 19.7. The van der Waals surface area contributed by atoms with E-state index >= 15 is 0 Å². The third kappa shape index (κ3) is 2.40. The first-order valence-corrected chi connectivity index (χ1v) is 5.09. The molecule has 1 aromatic heterocycles. The number of nitro groups is 1. The van der Waals surface area contributed by atoms with E-state index in [1.807, 2.05) is 0 Å². The molecule has 7 heteroatoms. The Morgan fingerprint density at radius 2 is 2.50 bits per heavy atom. The van der Waals surface area contributed by atoms with Crippen LogP contribution in [0.5, 0.6) is 5.88 Å². The number of rotatable bonds is 3. The van der Waals surface area contributed by atoms with Crippen LogP contribution >= 0.6 is 11.6 Å². The first-order valence-electron chi connectivity index (χ1n) is 4.71. The number of pyridine rings is 1. The molecule has 1 aliphatic rings. The molecule has 1 saturated heterocycles. The minimum Gasteiger partial charge on any atom is -0.467 e. The molecule has 86 valence electrons. The molecule has 0 amide bonds. The maximum absolute atomic E-state index is 10.7. The van der Waals surface area contributed by atoms with Gasteiger partial charge in [0.2, 0.25) is 0 Å².